The molecule has 0 aliphatic heterocycles. The zero-order valence-corrected chi connectivity index (χ0v) is 19.1. The molecule has 0 aromatic heterocycles. The van der Waals surface area contributed by atoms with Gasteiger partial charge in [0.05, 0.1) is 4.90 Å². The Labute approximate surface area is 188 Å². The SMILES string of the molecule is Cc1ccc(C(=O)NC(=S)Nc2ccc(S(=O)(=O)Nc3ccccc3)cc2)cc1Br. The van der Waals surface area contributed by atoms with Crippen LogP contribution < -0.4 is 15.4 Å². The minimum atomic E-state index is -3.71. The van der Waals surface area contributed by atoms with E-state index < -0.39 is 10.0 Å². The van der Waals surface area contributed by atoms with E-state index in [9.17, 15) is 13.2 Å². The van der Waals surface area contributed by atoms with Crippen LogP contribution in [0, 0.1) is 6.92 Å². The average Bonchev–Trinajstić information content (AvgIpc) is 2.70. The molecule has 3 N–H and O–H groups in total. The highest BCUT2D eigenvalue weighted by atomic mass is 79.9. The number of anilines is 2. The molecule has 0 unspecified atom stereocenters. The van der Waals surface area contributed by atoms with Crippen molar-refractivity contribution in [3.8, 4) is 0 Å². The molecule has 0 saturated heterocycles. The molecule has 1 amide bonds. The Morgan fingerprint density at radius 2 is 1.60 bits per heavy atom. The first-order chi connectivity index (χ1) is 14.2. The molecular formula is C21H18BrN3O3S2. The number of benzene rings is 3. The number of hydrogen-bond acceptors (Lipinski definition) is 4. The average molecular weight is 504 g/mol. The van der Waals surface area contributed by atoms with Gasteiger partial charge < -0.3 is 5.32 Å². The van der Waals surface area contributed by atoms with E-state index in [2.05, 4.69) is 31.3 Å². The van der Waals surface area contributed by atoms with E-state index in [1.165, 1.54) is 12.1 Å². The maximum Gasteiger partial charge on any atom is 0.261 e. The lowest BCUT2D eigenvalue weighted by Gasteiger charge is -2.11. The number of halogens is 1. The van der Waals surface area contributed by atoms with E-state index in [0.717, 1.165) is 10.0 Å². The summed E-state index contributed by atoms with van der Waals surface area (Å²) in [7, 11) is -3.71. The van der Waals surface area contributed by atoms with Crippen molar-refractivity contribution < 1.29 is 13.2 Å². The highest BCUT2D eigenvalue weighted by Crippen LogP contribution is 2.19. The zero-order chi connectivity index (χ0) is 21.7. The molecule has 0 saturated carbocycles. The van der Waals surface area contributed by atoms with Gasteiger partial charge in [0.15, 0.2) is 5.11 Å². The molecule has 9 heteroatoms. The number of thiocarbonyl (C=S) groups is 1. The first-order valence-electron chi connectivity index (χ1n) is 8.81. The van der Waals surface area contributed by atoms with Crippen molar-refractivity contribution >= 4 is 60.6 Å². The van der Waals surface area contributed by atoms with Crippen LogP contribution in [0.15, 0.2) is 82.2 Å². The van der Waals surface area contributed by atoms with E-state index in [-0.39, 0.29) is 15.9 Å². The van der Waals surface area contributed by atoms with Crippen molar-refractivity contribution in [3.63, 3.8) is 0 Å². The summed E-state index contributed by atoms with van der Waals surface area (Å²) in [5.41, 5.74) is 2.50. The fourth-order valence-corrected chi connectivity index (χ4v) is 4.16. The largest absolute Gasteiger partial charge is 0.332 e. The number of carbonyl (C=O) groups is 1. The van der Waals surface area contributed by atoms with Crippen LogP contribution in [-0.4, -0.2) is 19.4 Å². The Morgan fingerprint density at radius 3 is 2.23 bits per heavy atom. The van der Waals surface area contributed by atoms with E-state index in [1.54, 1.807) is 54.6 Å². The lowest BCUT2D eigenvalue weighted by atomic mass is 10.1. The van der Waals surface area contributed by atoms with Crippen molar-refractivity contribution in [2.24, 2.45) is 0 Å². The van der Waals surface area contributed by atoms with Gasteiger partial charge in [-0.2, -0.15) is 0 Å². The maximum absolute atomic E-state index is 12.5. The summed E-state index contributed by atoms with van der Waals surface area (Å²) in [4.78, 5) is 12.4. The predicted molar refractivity (Wildman–Crippen MR) is 126 cm³/mol. The fourth-order valence-electron chi connectivity index (χ4n) is 2.51. The van der Waals surface area contributed by atoms with Crippen molar-refractivity contribution in [1.82, 2.24) is 5.32 Å². The van der Waals surface area contributed by atoms with Gasteiger partial charge >= 0.3 is 0 Å². The van der Waals surface area contributed by atoms with Gasteiger partial charge in [0.25, 0.3) is 15.9 Å². The summed E-state index contributed by atoms with van der Waals surface area (Å²) in [5.74, 6) is -0.348. The molecule has 3 rings (SSSR count). The third-order valence-electron chi connectivity index (χ3n) is 4.11. The molecule has 0 spiro atoms. The smallest absolute Gasteiger partial charge is 0.261 e. The predicted octanol–water partition coefficient (Wildman–Crippen LogP) is 4.69. The topological polar surface area (TPSA) is 87.3 Å². The van der Waals surface area contributed by atoms with Crippen LogP contribution >= 0.6 is 28.1 Å². The number of aryl methyl sites for hydroxylation is 1. The number of rotatable bonds is 5. The third kappa shape index (κ3) is 5.65. The van der Waals surface area contributed by atoms with Crippen LogP contribution in [0.4, 0.5) is 11.4 Å². The van der Waals surface area contributed by atoms with Crippen LogP contribution in [-0.2, 0) is 10.0 Å². The fraction of sp³-hybridized carbons (Fsp3) is 0.0476. The van der Waals surface area contributed by atoms with Gasteiger partial charge in [-0.25, -0.2) is 8.42 Å². The molecule has 3 aromatic rings. The third-order valence-corrected chi connectivity index (χ3v) is 6.57. The van der Waals surface area contributed by atoms with Gasteiger partial charge in [-0.1, -0.05) is 40.2 Å². The second kappa shape index (κ2) is 9.38. The summed E-state index contributed by atoms with van der Waals surface area (Å²) >= 11 is 8.57. The second-order valence-corrected chi connectivity index (χ2v) is 9.31. The van der Waals surface area contributed by atoms with Crippen molar-refractivity contribution in [3.05, 3.63) is 88.4 Å². The molecule has 6 nitrogen and oxygen atoms in total. The Bertz CT molecular complexity index is 1180. The Kier molecular flexibility index (Phi) is 6.86. The molecular weight excluding hydrogens is 486 g/mol. The lowest BCUT2D eigenvalue weighted by molar-refractivity contribution is 0.0977. The van der Waals surface area contributed by atoms with E-state index in [4.69, 9.17) is 12.2 Å². The highest BCUT2D eigenvalue weighted by molar-refractivity contribution is 9.10. The van der Waals surface area contributed by atoms with Gasteiger partial charge in [-0.15, -0.1) is 0 Å². The molecule has 30 heavy (non-hydrogen) atoms. The van der Waals surface area contributed by atoms with E-state index in [0.29, 0.717) is 16.9 Å². The van der Waals surface area contributed by atoms with Crippen LogP contribution in [0.1, 0.15) is 15.9 Å². The summed E-state index contributed by atoms with van der Waals surface area (Å²) in [6.45, 7) is 1.93. The number of nitrogens with one attached hydrogen (secondary N) is 3. The summed E-state index contributed by atoms with van der Waals surface area (Å²) in [6.07, 6.45) is 0. The maximum atomic E-state index is 12.5. The van der Waals surface area contributed by atoms with Gasteiger partial charge in [0.2, 0.25) is 0 Å². The lowest BCUT2D eigenvalue weighted by Crippen LogP contribution is -2.34. The molecule has 154 valence electrons. The number of carbonyl (C=O) groups excluding carboxylic acids is 1. The minimum absolute atomic E-state index is 0.106. The summed E-state index contributed by atoms with van der Waals surface area (Å²) in [5, 5.41) is 5.57. The van der Waals surface area contributed by atoms with E-state index >= 15 is 0 Å². The van der Waals surface area contributed by atoms with Crippen molar-refractivity contribution in [2.75, 3.05) is 10.0 Å². The van der Waals surface area contributed by atoms with Gasteiger partial charge in [0, 0.05) is 21.4 Å². The molecule has 0 radical (unpaired) electrons. The van der Waals surface area contributed by atoms with Crippen molar-refractivity contribution in [1.29, 1.82) is 0 Å². The molecule has 0 aliphatic rings. The number of amides is 1. The zero-order valence-electron chi connectivity index (χ0n) is 15.8. The van der Waals surface area contributed by atoms with Gasteiger partial charge in [-0.3, -0.25) is 14.8 Å². The van der Waals surface area contributed by atoms with Crippen molar-refractivity contribution in [2.45, 2.75) is 11.8 Å². The quantitative estimate of drug-likeness (QED) is 0.439. The van der Waals surface area contributed by atoms with Crippen LogP contribution in [0.5, 0.6) is 0 Å². The van der Waals surface area contributed by atoms with Gasteiger partial charge in [0.1, 0.15) is 0 Å². The second-order valence-electron chi connectivity index (χ2n) is 6.37. The Hall–Kier alpha value is -2.75. The first-order valence-corrected chi connectivity index (χ1v) is 11.5. The highest BCUT2D eigenvalue weighted by Gasteiger charge is 2.14. The Balaban J connectivity index is 1.62. The van der Waals surface area contributed by atoms with Crippen LogP contribution in [0.3, 0.4) is 0 Å². The number of sulfonamides is 1. The molecule has 0 aliphatic carbocycles. The molecule has 0 bridgehead atoms. The van der Waals surface area contributed by atoms with Gasteiger partial charge in [-0.05, 0) is 73.2 Å². The first kappa shape index (κ1) is 21.9. The molecule has 0 heterocycles. The molecule has 0 atom stereocenters. The monoisotopic (exact) mass is 503 g/mol. The number of para-hydroxylation sites is 1. The van der Waals surface area contributed by atoms with Crippen LogP contribution in [0.2, 0.25) is 0 Å². The van der Waals surface area contributed by atoms with Crippen LogP contribution in [0.25, 0.3) is 0 Å². The molecule has 0 fully saturated rings. The minimum Gasteiger partial charge on any atom is -0.332 e. The summed E-state index contributed by atoms with van der Waals surface area (Å²) in [6, 6.07) is 19.9. The van der Waals surface area contributed by atoms with E-state index in [1.807, 2.05) is 13.0 Å². The molecule has 3 aromatic carbocycles. The number of hydrogen-bond donors (Lipinski definition) is 3. The normalized spacial score (nSPS) is 10.9. The standard InChI is InChI=1S/C21H18BrN3O3S2/c1-14-7-8-15(13-19(14)22)20(26)24-21(29)23-16-9-11-18(12-10-16)30(27,28)25-17-5-3-2-4-6-17/h2-13,25H,1H3,(H2,23,24,26,29). The summed E-state index contributed by atoms with van der Waals surface area (Å²) < 4.78 is 28.3. The Morgan fingerprint density at radius 1 is 0.933 bits per heavy atom.